The second-order valence-electron chi connectivity index (χ2n) is 10.2. The van der Waals surface area contributed by atoms with Gasteiger partial charge in [0.15, 0.2) is 8.32 Å². The molecule has 166 valence electrons. The van der Waals surface area contributed by atoms with Crippen LogP contribution in [0.5, 0.6) is 0 Å². The van der Waals surface area contributed by atoms with Crippen molar-refractivity contribution in [1.82, 2.24) is 0 Å². The van der Waals surface area contributed by atoms with Crippen LogP contribution >= 0.6 is 7.14 Å². The lowest BCUT2D eigenvalue weighted by Crippen LogP contribution is -2.44. The van der Waals surface area contributed by atoms with Crippen LogP contribution in [0.2, 0.25) is 18.1 Å². The average Bonchev–Trinajstić information content (AvgIpc) is 2.74. The first-order chi connectivity index (χ1) is 14.5. The highest BCUT2D eigenvalue weighted by Gasteiger charge is 2.40. The Labute approximate surface area is 189 Å². The summed E-state index contributed by atoms with van der Waals surface area (Å²) in [5.74, 6) is 0. The number of hydrogen-bond acceptors (Lipinski definition) is 2. The van der Waals surface area contributed by atoms with Crippen LogP contribution < -0.4 is 10.6 Å². The minimum Gasteiger partial charge on any atom is -0.414 e. The normalized spacial score (nSPS) is 19.6. The van der Waals surface area contributed by atoms with E-state index in [1.807, 2.05) is 60.7 Å². The van der Waals surface area contributed by atoms with Gasteiger partial charge in [0.05, 0.1) is 0 Å². The zero-order valence-electron chi connectivity index (χ0n) is 19.7. The standard InChI is InChI=1S/C27H37O2PSi/c1-22-17-18-24(29-31(5,6)27(2,3)4)21-23(22)19-20-30(28,25-13-9-7-10-14-25)26-15-11-8-12-16-26/h7-16,19,24H,1,17-18,20-21H2,2-6H3/b23-19+/t24-/m0/s1. The molecule has 3 rings (SSSR count). The van der Waals surface area contributed by atoms with Gasteiger partial charge in [-0.15, -0.1) is 0 Å². The van der Waals surface area contributed by atoms with Crippen molar-refractivity contribution in [2.24, 2.45) is 0 Å². The minimum atomic E-state index is -2.75. The molecule has 2 aromatic rings. The van der Waals surface area contributed by atoms with Gasteiger partial charge in [0.2, 0.25) is 0 Å². The lowest BCUT2D eigenvalue weighted by molar-refractivity contribution is 0.164. The SMILES string of the molecule is C=C1CC[C@H](O[Si](C)(C)C(C)(C)C)C/C1=C\CP(=O)(c1ccccc1)c1ccccc1. The third-order valence-corrected chi connectivity index (χ3v) is 14.4. The second kappa shape index (κ2) is 9.44. The molecule has 1 saturated carbocycles. The first-order valence-electron chi connectivity index (χ1n) is 11.3. The van der Waals surface area contributed by atoms with Gasteiger partial charge in [-0.05, 0) is 43.0 Å². The molecule has 2 nitrogen and oxygen atoms in total. The number of rotatable bonds is 6. The molecule has 31 heavy (non-hydrogen) atoms. The molecule has 2 aromatic carbocycles. The van der Waals surface area contributed by atoms with Crippen molar-refractivity contribution in [2.75, 3.05) is 6.16 Å². The Morgan fingerprint density at radius 1 is 1.03 bits per heavy atom. The minimum absolute atomic E-state index is 0.196. The monoisotopic (exact) mass is 452 g/mol. The fourth-order valence-electron chi connectivity index (χ4n) is 3.85. The summed E-state index contributed by atoms with van der Waals surface area (Å²) in [5.41, 5.74) is 2.39. The predicted molar refractivity (Wildman–Crippen MR) is 138 cm³/mol. The van der Waals surface area contributed by atoms with Crippen molar-refractivity contribution in [3.8, 4) is 0 Å². The Morgan fingerprint density at radius 3 is 2.03 bits per heavy atom. The summed E-state index contributed by atoms with van der Waals surface area (Å²) in [6.07, 6.45) is 5.77. The van der Waals surface area contributed by atoms with Gasteiger partial charge in [-0.2, -0.15) is 0 Å². The molecule has 1 aliphatic carbocycles. The molecule has 1 aliphatic rings. The van der Waals surface area contributed by atoms with Gasteiger partial charge in [-0.1, -0.05) is 99.7 Å². The topological polar surface area (TPSA) is 26.3 Å². The first kappa shape index (κ1) is 24.0. The molecule has 0 unspecified atom stereocenters. The molecule has 0 heterocycles. The molecule has 0 radical (unpaired) electrons. The molecule has 0 aromatic heterocycles. The Kier molecular flexibility index (Phi) is 7.31. The van der Waals surface area contributed by atoms with E-state index in [0.29, 0.717) is 6.16 Å². The van der Waals surface area contributed by atoms with Gasteiger partial charge in [0.25, 0.3) is 0 Å². The maximum Gasteiger partial charge on any atom is 0.192 e. The molecule has 1 atom stereocenters. The van der Waals surface area contributed by atoms with E-state index in [9.17, 15) is 4.57 Å². The molecule has 0 bridgehead atoms. The van der Waals surface area contributed by atoms with Gasteiger partial charge >= 0.3 is 0 Å². The van der Waals surface area contributed by atoms with Crippen LogP contribution in [0.4, 0.5) is 0 Å². The third kappa shape index (κ3) is 5.58. The lowest BCUT2D eigenvalue weighted by atomic mass is 9.89. The van der Waals surface area contributed by atoms with Crippen LogP contribution in [-0.2, 0) is 8.99 Å². The van der Waals surface area contributed by atoms with E-state index in [0.717, 1.165) is 29.9 Å². The Bertz CT molecular complexity index is 928. The summed E-state index contributed by atoms with van der Waals surface area (Å²) in [6, 6.07) is 19.8. The number of allylic oxidation sites excluding steroid dienone is 2. The van der Waals surface area contributed by atoms with Crippen LogP contribution in [-0.4, -0.2) is 20.6 Å². The molecule has 0 aliphatic heterocycles. The average molecular weight is 453 g/mol. The van der Waals surface area contributed by atoms with Gasteiger partial charge < -0.3 is 8.99 Å². The van der Waals surface area contributed by atoms with Crippen LogP contribution in [0.3, 0.4) is 0 Å². The molecule has 0 saturated heterocycles. The van der Waals surface area contributed by atoms with Crippen molar-refractivity contribution < 1.29 is 8.99 Å². The van der Waals surface area contributed by atoms with Gasteiger partial charge in [-0.3, -0.25) is 0 Å². The zero-order chi connectivity index (χ0) is 22.7. The van der Waals surface area contributed by atoms with E-state index in [4.69, 9.17) is 4.43 Å². The maximum absolute atomic E-state index is 14.3. The van der Waals surface area contributed by atoms with Crippen LogP contribution in [0, 0.1) is 0 Å². The van der Waals surface area contributed by atoms with Gasteiger partial charge in [0.1, 0.15) is 7.14 Å². The van der Waals surface area contributed by atoms with Crippen molar-refractivity contribution in [2.45, 2.75) is 64.3 Å². The van der Waals surface area contributed by atoms with E-state index in [1.165, 1.54) is 11.1 Å². The predicted octanol–water partition coefficient (Wildman–Crippen LogP) is 7.06. The van der Waals surface area contributed by atoms with Gasteiger partial charge in [-0.25, -0.2) is 0 Å². The molecule has 1 fully saturated rings. The molecular weight excluding hydrogens is 415 g/mol. The van der Waals surface area contributed by atoms with E-state index < -0.39 is 15.5 Å². The van der Waals surface area contributed by atoms with Crippen molar-refractivity contribution in [1.29, 1.82) is 0 Å². The Hall–Kier alpha value is -1.67. The van der Waals surface area contributed by atoms with E-state index in [2.05, 4.69) is 46.5 Å². The molecule has 4 heteroatoms. The summed E-state index contributed by atoms with van der Waals surface area (Å²) in [6.45, 7) is 15.8. The Balaban J connectivity index is 1.86. The number of benzene rings is 2. The van der Waals surface area contributed by atoms with Crippen molar-refractivity contribution >= 4 is 26.1 Å². The highest BCUT2D eigenvalue weighted by Crippen LogP contribution is 2.45. The summed E-state index contributed by atoms with van der Waals surface area (Å²) in [5, 5.41) is 2.02. The molecule has 0 amide bonds. The smallest absolute Gasteiger partial charge is 0.192 e. The Morgan fingerprint density at radius 2 is 1.55 bits per heavy atom. The second-order valence-corrected chi connectivity index (χ2v) is 17.8. The first-order valence-corrected chi connectivity index (χ1v) is 16.1. The molecule has 0 spiro atoms. The zero-order valence-corrected chi connectivity index (χ0v) is 21.6. The summed E-state index contributed by atoms with van der Waals surface area (Å²) in [4.78, 5) is 0. The lowest BCUT2D eigenvalue weighted by Gasteiger charge is -2.41. The van der Waals surface area contributed by atoms with Gasteiger partial charge in [0, 0.05) is 22.9 Å². The van der Waals surface area contributed by atoms with E-state index >= 15 is 0 Å². The summed E-state index contributed by atoms with van der Waals surface area (Å²) >= 11 is 0. The maximum atomic E-state index is 14.3. The highest BCUT2D eigenvalue weighted by molar-refractivity contribution is 7.78. The van der Waals surface area contributed by atoms with Crippen LogP contribution in [0.15, 0.2) is 84.5 Å². The van der Waals surface area contributed by atoms with Crippen molar-refractivity contribution in [3.63, 3.8) is 0 Å². The quantitative estimate of drug-likeness (QED) is 0.346. The molecule has 0 N–H and O–H groups in total. The summed E-state index contributed by atoms with van der Waals surface area (Å²) in [7, 11) is -4.57. The van der Waals surface area contributed by atoms with Crippen LogP contribution in [0.25, 0.3) is 0 Å². The fourth-order valence-corrected chi connectivity index (χ4v) is 7.74. The summed E-state index contributed by atoms with van der Waals surface area (Å²) < 4.78 is 21.0. The van der Waals surface area contributed by atoms with E-state index in [1.54, 1.807) is 0 Å². The van der Waals surface area contributed by atoms with E-state index in [-0.39, 0.29) is 11.1 Å². The third-order valence-electron chi connectivity index (χ3n) is 6.88. The van der Waals surface area contributed by atoms with Crippen LogP contribution in [0.1, 0.15) is 40.0 Å². The largest absolute Gasteiger partial charge is 0.414 e. The van der Waals surface area contributed by atoms with Crippen molar-refractivity contribution in [3.05, 3.63) is 84.5 Å². The number of hydrogen-bond donors (Lipinski definition) is 0. The molecular formula is C27H37O2PSi. The highest BCUT2D eigenvalue weighted by atomic mass is 31.2. The fraction of sp³-hybridized carbons (Fsp3) is 0.407.